The Labute approximate surface area is 129 Å². The fourth-order valence-corrected chi connectivity index (χ4v) is 2.32. The third kappa shape index (κ3) is 3.97. The molecule has 1 aliphatic heterocycles. The zero-order valence-corrected chi connectivity index (χ0v) is 12.4. The van der Waals surface area contributed by atoms with Crippen molar-refractivity contribution in [2.24, 2.45) is 0 Å². The Kier molecular flexibility index (Phi) is 5.61. The van der Waals surface area contributed by atoms with Crippen LogP contribution in [0.1, 0.15) is 5.76 Å². The molecule has 1 unspecified atom stereocenters. The van der Waals surface area contributed by atoms with Crippen molar-refractivity contribution in [1.82, 2.24) is 10.6 Å². The SMILES string of the molecule is Cl.O=C(NCCc1cc2ccccc2o1)C1CNCCO1. The highest BCUT2D eigenvalue weighted by Crippen LogP contribution is 2.18. The van der Waals surface area contributed by atoms with Crippen LogP contribution in [0.5, 0.6) is 0 Å². The Morgan fingerprint density at radius 3 is 3.00 bits per heavy atom. The molecule has 1 aliphatic rings. The molecule has 0 saturated carbocycles. The van der Waals surface area contributed by atoms with E-state index in [0.29, 0.717) is 26.1 Å². The van der Waals surface area contributed by atoms with Gasteiger partial charge in [-0.15, -0.1) is 12.4 Å². The van der Waals surface area contributed by atoms with E-state index < -0.39 is 0 Å². The van der Waals surface area contributed by atoms with Gasteiger partial charge in [0.25, 0.3) is 0 Å². The first kappa shape index (κ1) is 15.8. The van der Waals surface area contributed by atoms with Crippen molar-refractivity contribution >= 4 is 29.3 Å². The average Bonchev–Trinajstić information content (AvgIpc) is 2.90. The number of halogens is 1. The van der Waals surface area contributed by atoms with Crippen LogP contribution in [0.2, 0.25) is 0 Å². The van der Waals surface area contributed by atoms with Crippen LogP contribution < -0.4 is 10.6 Å². The molecule has 6 heteroatoms. The maximum absolute atomic E-state index is 11.9. The normalized spacial score (nSPS) is 18.2. The summed E-state index contributed by atoms with van der Waals surface area (Å²) in [7, 11) is 0. The van der Waals surface area contributed by atoms with E-state index >= 15 is 0 Å². The van der Waals surface area contributed by atoms with Crippen LogP contribution in [-0.2, 0) is 16.0 Å². The summed E-state index contributed by atoms with van der Waals surface area (Å²) in [6.45, 7) is 2.53. The average molecular weight is 311 g/mol. The lowest BCUT2D eigenvalue weighted by Gasteiger charge is -2.22. The van der Waals surface area contributed by atoms with E-state index in [2.05, 4.69) is 10.6 Å². The van der Waals surface area contributed by atoms with Gasteiger partial charge in [-0.3, -0.25) is 4.79 Å². The maximum atomic E-state index is 11.9. The molecule has 1 atom stereocenters. The van der Waals surface area contributed by atoms with Crippen LogP contribution in [0.4, 0.5) is 0 Å². The first-order chi connectivity index (χ1) is 9.83. The largest absolute Gasteiger partial charge is 0.461 e. The second kappa shape index (κ2) is 7.45. The number of hydrogen-bond donors (Lipinski definition) is 2. The molecule has 5 nitrogen and oxygen atoms in total. The summed E-state index contributed by atoms with van der Waals surface area (Å²) in [5, 5.41) is 7.11. The number of furan rings is 1. The predicted octanol–water partition coefficient (Wildman–Crippen LogP) is 1.50. The molecule has 1 aromatic heterocycles. The van der Waals surface area contributed by atoms with Gasteiger partial charge in [0.05, 0.1) is 6.61 Å². The van der Waals surface area contributed by atoms with Gasteiger partial charge in [0.2, 0.25) is 5.91 Å². The molecule has 21 heavy (non-hydrogen) atoms. The number of amides is 1. The summed E-state index contributed by atoms with van der Waals surface area (Å²) in [5.74, 6) is 0.822. The van der Waals surface area contributed by atoms with Crippen LogP contribution >= 0.6 is 12.4 Å². The van der Waals surface area contributed by atoms with Gasteiger partial charge < -0.3 is 19.8 Å². The van der Waals surface area contributed by atoms with Gasteiger partial charge in [-0.25, -0.2) is 0 Å². The summed E-state index contributed by atoms with van der Waals surface area (Å²) in [6.07, 6.45) is 0.306. The van der Waals surface area contributed by atoms with Gasteiger partial charge in [-0.2, -0.15) is 0 Å². The molecule has 2 aromatic rings. The zero-order valence-electron chi connectivity index (χ0n) is 11.6. The molecular weight excluding hydrogens is 292 g/mol. The van der Waals surface area contributed by atoms with E-state index in [1.807, 2.05) is 30.3 Å². The van der Waals surface area contributed by atoms with Crippen molar-refractivity contribution in [1.29, 1.82) is 0 Å². The predicted molar refractivity (Wildman–Crippen MR) is 82.8 cm³/mol. The highest BCUT2D eigenvalue weighted by atomic mass is 35.5. The fraction of sp³-hybridized carbons (Fsp3) is 0.400. The van der Waals surface area contributed by atoms with Crippen LogP contribution in [0.15, 0.2) is 34.7 Å². The quantitative estimate of drug-likeness (QED) is 0.898. The highest BCUT2D eigenvalue weighted by Gasteiger charge is 2.21. The number of carbonyl (C=O) groups excluding carboxylic acids is 1. The van der Waals surface area contributed by atoms with Crippen molar-refractivity contribution in [3.63, 3.8) is 0 Å². The first-order valence-electron chi connectivity index (χ1n) is 6.90. The minimum Gasteiger partial charge on any atom is -0.461 e. The lowest BCUT2D eigenvalue weighted by atomic mass is 10.2. The number of carbonyl (C=O) groups is 1. The summed E-state index contributed by atoms with van der Waals surface area (Å²) in [6, 6.07) is 9.91. The molecule has 114 valence electrons. The van der Waals surface area contributed by atoms with E-state index in [0.717, 1.165) is 23.3 Å². The maximum Gasteiger partial charge on any atom is 0.250 e. The molecule has 1 amide bonds. The number of rotatable bonds is 4. The molecule has 0 aliphatic carbocycles. The molecule has 1 fully saturated rings. The lowest BCUT2D eigenvalue weighted by Crippen LogP contribution is -2.48. The van der Waals surface area contributed by atoms with E-state index in [4.69, 9.17) is 9.15 Å². The number of benzene rings is 1. The van der Waals surface area contributed by atoms with Crippen molar-refractivity contribution in [3.8, 4) is 0 Å². The van der Waals surface area contributed by atoms with Gasteiger partial charge in [-0.05, 0) is 12.1 Å². The first-order valence-corrected chi connectivity index (χ1v) is 6.90. The zero-order chi connectivity index (χ0) is 13.8. The van der Waals surface area contributed by atoms with Crippen LogP contribution in [-0.4, -0.2) is 38.3 Å². The van der Waals surface area contributed by atoms with Gasteiger partial charge in [-0.1, -0.05) is 18.2 Å². The minimum atomic E-state index is -0.376. The Balaban J connectivity index is 0.00000161. The number of fused-ring (bicyclic) bond motifs is 1. The monoisotopic (exact) mass is 310 g/mol. The molecule has 3 rings (SSSR count). The Bertz CT molecular complexity index is 560. The fourth-order valence-electron chi connectivity index (χ4n) is 2.32. The summed E-state index contributed by atoms with van der Waals surface area (Å²) in [4.78, 5) is 11.9. The van der Waals surface area contributed by atoms with Crippen LogP contribution in [0.3, 0.4) is 0 Å². The van der Waals surface area contributed by atoms with Gasteiger partial charge in [0.1, 0.15) is 17.4 Å². The standard InChI is InChI=1S/C15H18N2O3.ClH/c18-15(14-10-16-7-8-19-14)17-6-5-12-9-11-3-1-2-4-13(11)20-12;/h1-4,9,14,16H,5-8,10H2,(H,17,18);1H. The second-order valence-corrected chi connectivity index (χ2v) is 4.86. The van der Waals surface area contributed by atoms with Gasteiger partial charge >= 0.3 is 0 Å². The number of hydrogen-bond acceptors (Lipinski definition) is 4. The molecule has 0 radical (unpaired) electrons. The Hall–Kier alpha value is -1.56. The molecule has 0 bridgehead atoms. The molecule has 0 spiro atoms. The topological polar surface area (TPSA) is 63.5 Å². The second-order valence-electron chi connectivity index (χ2n) is 4.86. The van der Waals surface area contributed by atoms with E-state index in [-0.39, 0.29) is 24.4 Å². The Morgan fingerprint density at radius 2 is 2.24 bits per heavy atom. The van der Waals surface area contributed by atoms with Gasteiger partial charge in [0.15, 0.2) is 0 Å². The van der Waals surface area contributed by atoms with E-state index in [9.17, 15) is 4.79 Å². The molecular formula is C15H19ClN2O3. The van der Waals surface area contributed by atoms with E-state index in [1.54, 1.807) is 0 Å². The molecule has 2 N–H and O–H groups in total. The molecule has 1 saturated heterocycles. The highest BCUT2D eigenvalue weighted by molar-refractivity contribution is 5.85. The number of para-hydroxylation sites is 1. The molecule has 1 aromatic carbocycles. The summed E-state index contributed by atoms with van der Waals surface area (Å²) < 4.78 is 11.1. The third-order valence-electron chi connectivity index (χ3n) is 3.37. The lowest BCUT2D eigenvalue weighted by molar-refractivity contribution is -0.134. The third-order valence-corrected chi connectivity index (χ3v) is 3.37. The Morgan fingerprint density at radius 1 is 1.38 bits per heavy atom. The van der Waals surface area contributed by atoms with E-state index in [1.165, 1.54) is 0 Å². The van der Waals surface area contributed by atoms with Crippen molar-refractivity contribution < 1.29 is 13.9 Å². The van der Waals surface area contributed by atoms with Crippen molar-refractivity contribution in [3.05, 3.63) is 36.1 Å². The number of nitrogens with one attached hydrogen (secondary N) is 2. The van der Waals surface area contributed by atoms with Crippen molar-refractivity contribution in [2.45, 2.75) is 12.5 Å². The summed E-state index contributed by atoms with van der Waals surface area (Å²) in [5.41, 5.74) is 0.883. The van der Waals surface area contributed by atoms with Crippen LogP contribution in [0.25, 0.3) is 11.0 Å². The number of morpholine rings is 1. The molecule has 2 heterocycles. The minimum absolute atomic E-state index is 0. The van der Waals surface area contributed by atoms with Gasteiger partial charge in [0, 0.05) is 31.4 Å². The van der Waals surface area contributed by atoms with Crippen molar-refractivity contribution in [2.75, 3.05) is 26.2 Å². The smallest absolute Gasteiger partial charge is 0.250 e. The number of ether oxygens (including phenoxy) is 1. The van der Waals surface area contributed by atoms with Crippen LogP contribution in [0, 0.1) is 0 Å². The summed E-state index contributed by atoms with van der Waals surface area (Å²) >= 11 is 0.